The van der Waals surface area contributed by atoms with Crippen LogP contribution in [0.2, 0.25) is 0 Å². The van der Waals surface area contributed by atoms with Crippen LogP contribution in [-0.2, 0) is 6.54 Å². The second-order valence-corrected chi connectivity index (χ2v) is 5.83. The van der Waals surface area contributed by atoms with Crippen LogP contribution >= 0.6 is 0 Å². The summed E-state index contributed by atoms with van der Waals surface area (Å²) < 4.78 is 10.4. The van der Waals surface area contributed by atoms with Gasteiger partial charge >= 0.3 is 0 Å². The van der Waals surface area contributed by atoms with Gasteiger partial charge in [0.1, 0.15) is 0 Å². The van der Waals surface area contributed by atoms with Crippen LogP contribution in [0.15, 0.2) is 30.3 Å². The third kappa shape index (κ3) is 4.17. The van der Waals surface area contributed by atoms with Gasteiger partial charge in [0.2, 0.25) is 17.7 Å². The monoisotopic (exact) mass is 339 g/mol. The summed E-state index contributed by atoms with van der Waals surface area (Å²) in [6.07, 6.45) is 0. The van der Waals surface area contributed by atoms with Crippen LogP contribution in [0.25, 0.3) is 0 Å². The van der Waals surface area contributed by atoms with E-state index in [9.17, 15) is 0 Å². The van der Waals surface area contributed by atoms with Gasteiger partial charge in [0.05, 0.1) is 31.9 Å². The summed E-state index contributed by atoms with van der Waals surface area (Å²) in [6, 6.07) is 11.6. The van der Waals surface area contributed by atoms with E-state index < -0.39 is 0 Å². The molecule has 130 valence electrons. The van der Waals surface area contributed by atoms with Crippen molar-refractivity contribution in [3.8, 4) is 17.8 Å². The molecule has 2 aromatic rings. The van der Waals surface area contributed by atoms with Crippen molar-refractivity contribution in [2.24, 2.45) is 0 Å². The Morgan fingerprint density at radius 3 is 2.32 bits per heavy atom. The third-order valence-electron chi connectivity index (χ3n) is 4.20. The number of rotatable bonds is 5. The summed E-state index contributed by atoms with van der Waals surface area (Å²) >= 11 is 0. The zero-order valence-corrected chi connectivity index (χ0v) is 14.5. The topological polar surface area (TPSA) is 74.5 Å². The first kappa shape index (κ1) is 17.0. The Kier molecular flexibility index (Phi) is 5.31. The lowest BCUT2D eigenvalue weighted by Gasteiger charge is -2.34. The minimum absolute atomic E-state index is 0.498. The highest BCUT2D eigenvalue weighted by Gasteiger charge is 2.20. The second kappa shape index (κ2) is 7.81. The average molecular weight is 339 g/mol. The van der Waals surface area contributed by atoms with Gasteiger partial charge in [-0.3, -0.25) is 4.90 Å². The number of nitriles is 1. The standard InChI is InChI=1S/C18H21N5O2/c1-24-16-11-17(25-2)21-18(20-16)23-8-6-22(7-9-23)13-15-5-3-4-14(10-15)12-19/h3-5,10-11H,6-9,13H2,1-2H3. The molecule has 0 radical (unpaired) electrons. The highest BCUT2D eigenvalue weighted by atomic mass is 16.5. The first-order valence-electron chi connectivity index (χ1n) is 8.15. The quantitative estimate of drug-likeness (QED) is 0.820. The van der Waals surface area contributed by atoms with E-state index in [2.05, 4.69) is 31.9 Å². The fourth-order valence-electron chi connectivity index (χ4n) is 2.85. The van der Waals surface area contributed by atoms with Crippen molar-refractivity contribution >= 4 is 5.95 Å². The lowest BCUT2D eigenvalue weighted by molar-refractivity contribution is 0.248. The first-order chi connectivity index (χ1) is 12.2. The molecule has 7 heteroatoms. The molecule has 25 heavy (non-hydrogen) atoms. The van der Waals surface area contributed by atoms with E-state index in [1.807, 2.05) is 18.2 Å². The summed E-state index contributed by atoms with van der Waals surface area (Å²) in [4.78, 5) is 13.3. The van der Waals surface area contributed by atoms with Crippen LogP contribution in [0.1, 0.15) is 11.1 Å². The number of hydrogen-bond donors (Lipinski definition) is 0. The Morgan fingerprint density at radius 2 is 1.72 bits per heavy atom. The van der Waals surface area contributed by atoms with Crippen LogP contribution in [0.4, 0.5) is 5.95 Å². The molecular formula is C18H21N5O2. The zero-order chi connectivity index (χ0) is 17.6. The van der Waals surface area contributed by atoms with Gasteiger partial charge in [0, 0.05) is 32.7 Å². The van der Waals surface area contributed by atoms with Gasteiger partial charge in [-0.15, -0.1) is 0 Å². The van der Waals surface area contributed by atoms with E-state index in [1.165, 1.54) is 0 Å². The van der Waals surface area contributed by atoms with Crippen molar-refractivity contribution in [2.45, 2.75) is 6.54 Å². The largest absolute Gasteiger partial charge is 0.481 e. The molecule has 0 aliphatic carbocycles. The lowest BCUT2D eigenvalue weighted by atomic mass is 10.1. The minimum atomic E-state index is 0.498. The molecule has 1 aliphatic heterocycles. The van der Waals surface area contributed by atoms with Gasteiger partial charge in [-0.05, 0) is 17.7 Å². The predicted molar refractivity (Wildman–Crippen MR) is 93.8 cm³/mol. The first-order valence-corrected chi connectivity index (χ1v) is 8.15. The van der Waals surface area contributed by atoms with E-state index in [0.29, 0.717) is 23.3 Å². The number of ether oxygens (including phenoxy) is 2. The molecule has 0 spiro atoms. The van der Waals surface area contributed by atoms with Gasteiger partial charge in [-0.1, -0.05) is 12.1 Å². The van der Waals surface area contributed by atoms with E-state index in [-0.39, 0.29) is 0 Å². The van der Waals surface area contributed by atoms with Crippen molar-refractivity contribution in [1.29, 1.82) is 5.26 Å². The highest BCUT2D eigenvalue weighted by Crippen LogP contribution is 2.21. The minimum Gasteiger partial charge on any atom is -0.481 e. The average Bonchev–Trinajstić information content (AvgIpc) is 2.68. The SMILES string of the molecule is COc1cc(OC)nc(N2CCN(Cc3cccc(C#N)c3)CC2)n1. The van der Waals surface area contributed by atoms with Gasteiger partial charge in [-0.2, -0.15) is 15.2 Å². The maximum absolute atomic E-state index is 9.01. The van der Waals surface area contributed by atoms with Crippen LogP contribution in [0.5, 0.6) is 11.8 Å². The van der Waals surface area contributed by atoms with E-state index in [4.69, 9.17) is 14.7 Å². The van der Waals surface area contributed by atoms with E-state index in [0.717, 1.165) is 38.3 Å². The smallest absolute Gasteiger partial charge is 0.232 e. The van der Waals surface area contributed by atoms with E-state index >= 15 is 0 Å². The molecule has 2 heterocycles. The summed E-state index contributed by atoms with van der Waals surface area (Å²) in [5, 5.41) is 9.01. The molecule has 1 saturated heterocycles. The number of methoxy groups -OCH3 is 2. The van der Waals surface area contributed by atoms with Crippen LogP contribution < -0.4 is 14.4 Å². The van der Waals surface area contributed by atoms with Gasteiger partial charge in [-0.25, -0.2) is 0 Å². The second-order valence-electron chi connectivity index (χ2n) is 5.83. The molecule has 1 aliphatic rings. The Hall–Kier alpha value is -2.85. The van der Waals surface area contributed by atoms with Crippen LogP contribution in [0, 0.1) is 11.3 Å². The molecule has 0 N–H and O–H groups in total. The Labute approximate surface area is 147 Å². The van der Waals surface area contributed by atoms with Crippen molar-refractivity contribution in [3.05, 3.63) is 41.5 Å². The molecule has 1 aromatic carbocycles. The summed E-state index contributed by atoms with van der Waals surface area (Å²) in [6.45, 7) is 4.30. The van der Waals surface area contributed by atoms with Gasteiger partial charge < -0.3 is 14.4 Å². The van der Waals surface area contributed by atoms with Gasteiger partial charge in [0.15, 0.2) is 0 Å². The Morgan fingerprint density at radius 1 is 1.04 bits per heavy atom. The molecule has 0 amide bonds. The molecule has 0 unspecified atom stereocenters. The molecule has 0 bridgehead atoms. The zero-order valence-electron chi connectivity index (χ0n) is 14.5. The molecule has 1 fully saturated rings. The van der Waals surface area contributed by atoms with Crippen molar-refractivity contribution in [1.82, 2.24) is 14.9 Å². The number of benzene rings is 1. The normalized spacial score (nSPS) is 14.8. The van der Waals surface area contributed by atoms with Crippen LogP contribution in [0.3, 0.4) is 0 Å². The molecule has 1 aromatic heterocycles. The number of hydrogen-bond acceptors (Lipinski definition) is 7. The number of nitrogens with zero attached hydrogens (tertiary/aromatic N) is 5. The maximum atomic E-state index is 9.01. The predicted octanol–water partition coefficient (Wildman–Crippen LogP) is 1.69. The molecule has 7 nitrogen and oxygen atoms in total. The summed E-state index contributed by atoms with van der Waals surface area (Å²) in [5.74, 6) is 1.62. The summed E-state index contributed by atoms with van der Waals surface area (Å²) in [5.41, 5.74) is 1.86. The fraction of sp³-hybridized carbons (Fsp3) is 0.389. The molecular weight excluding hydrogens is 318 g/mol. The molecule has 0 saturated carbocycles. The van der Waals surface area contributed by atoms with Gasteiger partial charge in [0.25, 0.3) is 0 Å². The van der Waals surface area contributed by atoms with Crippen molar-refractivity contribution in [2.75, 3.05) is 45.3 Å². The number of anilines is 1. The van der Waals surface area contributed by atoms with E-state index in [1.54, 1.807) is 20.3 Å². The molecule has 3 rings (SSSR count). The number of piperazine rings is 1. The van der Waals surface area contributed by atoms with Crippen molar-refractivity contribution in [3.63, 3.8) is 0 Å². The van der Waals surface area contributed by atoms with Crippen LogP contribution in [-0.4, -0.2) is 55.3 Å². The lowest BCUT2D eigenvalue weighted by Crippen LogP contribution is -2.46. The summed E-state index contributed by atoms with van der Waals surface area (Å²) in [7, 11) is 3.16. The molecule has 0 atom stereocenters. The number of aromatic nitrogens is 2. The van der Waals surface area contributed by atoms with Crippen molar-refractivity contribution < 1.29 is 9.47 Å². The third-order valence-corrected chi connectivity index (χ3v) is 4.20. The Bertz CT molecular complexity index is 744. The Balaban J connectivity index is 1.63. The highest BCUT2D eigenvalue weighted by molar-refractivity contribution is 5.37. The fourth-order valence-corrected chi connectivity index (χ4v) is 2.85. The maximum Gasteiger partial charge on any atom is 0.232 e.